The number of carbonyl (C=O) groups excluding carboxylic acids is 1. The Kier molecular flexibility index (Phi) is 5.26. The summed E-state index contributed by atoms with van der Waals surface area (Å²) in [5.41, 5.74) is 3.59. The summed E-state index contributed by atoms with van der Waals surface area (Å²) in [6, 6.07) is 10.1. The number of Topliss-reactive ketones (excluding diaryl/α,β-unsaturated/α-hetero) is 1. The van der Waals surface area contributed by atoms with Crippen molar-refractivity contribution >= 4 is 5.78 Å². The molecule has 0 saturated heterocycles. The van der Waals surface area contributed by atoms with E-state index >= 15 is 0 Å². The van der Waals surface area contributed by atoms with E-state index in [1.54, 1.807) is 12.3 Å². The van der Waals surface area contributed by atoms with Crippen molar-refractivity contribution in [3.63, 3.8) is 0 Å². The number of ketones is 1. The lowest BCUT2D eigenvalue weighted by molar-refractivity contribution is -0.286. The van der Waals surface area contributed by atoms with Gasteiger partial charge in [-0.05, 0) is 61.6 Å². The van der Waals surface area contributed by atoms with Gasteiger partial charge in [0.25, 0.3) is 5.56 Å². The van der Waals surface area contributed by atoms with Crippen LogP contribution in [0.3, 0.4) is 0 Å². The first-order valence-electron chi connectivity index (χ1n) is 11.3. The Morgan fingerprint density at radius 2 is 1.88 bits per heavy atom. The van der Waals surface area contributed by atoms with Crippen LogP contribution < -0.4 is 15.0 Å². The second kappa shape index (κ2) is 8.04. The van der Waals surface area contributed by atoms with Crippen LogP contribution in [0.5, 0.6) is 11.5 Å². The number of aryl methyl sites for hydroxylation is 2. The molecule has 0 atom stereocenters. The molecule has 0 radical (unpaired) electrons. The van der Waals surface area contributed by atoms with Crippen LogP contribution in [0.1, 0.15) is 48.6 Å². The van der Waals surface area contributed by atoms with Crippen molar-refractivity contribution in [1.82, 2.24) is 9.97 Å². The van der Waals surface area contributed by atoms with Crippen molar-refractivity contribution in [1.29, 1.82) is 0 Å². The summed E-state index contributed by atoms with van der Waals surface area (Å²) in [5.74, 6) is -0.114. The van der Waals surface area contributed by atoms with Crippen LogP contribution >= 0.6 is 0 Å². The molecule has 0 spiro atoms. The van der Waals surface area contributed by atoms with Crippen molar-refractivity contribution in [2.24, 2.45) is 0 Å². The number of halogens is 2. The standard InChI is InChI=1S/C26H24F2N2O4/c1-3-4-16-11-17(14-29-24(16)32)23-15(2)5-7-19(30-23)13-22(31)25(9-10-25)18-6-8-20-21(12-18)34-26(27,28)33-20/h5-8,11-12,14H,3-4,9-10,13H2,1-2H3,(H,29,32). The first kappa shape index (κ1) is 22.3. The Hall–Kier alpha value is -3.55. The van der Waals surface area contributed by atoms with Gasteiger partial charge in [-0.15, -0.1) is 8.78 Å². The molecular weight excluding hydrogens is 442 g/mol. The molecule has 0 bridgehead atoms. The van der Waals surface area contributed by atoms with Gasteiger partial charge in [-0.2, -0.15) is 0 Å². The first-order valence-corrected chi connectivity index (χ1v) is 11.3. The van der Waals surface area contributed by atoms with Gasteiger partial charge in [0.05, 0.1) is 11.1 Å². The number of H-pyrrole nitrogens is 1. The average Bonchev–Trinajstić information content (AvgIpc) is 3.54. The number of ether oxygens (including phenoxy) is 2. The molecule has 0 amide bonds. The second-order valence-electron chi connectivity index (χ2n) is 8.97. The molecular formula is C26H24F2N2O4. The molecule has 3 heterocycles. The molecule has 8 heteroatoms. The number of carbonyl (C=O) groups is 1. The normalized spacial score (nSPS) is 16.9. The van der Waals surface area contributed by atoms with Gasteiger partial charge in [-0.25, -0.2) is 0 Å². The second-order valence-corrected chi connectivity index (χ2v) is 8.97. The highest BCUT2D eigenvalue weighted by atomic mass is 19.3. The van der Waals surface area contributed by atoms with Gasteiger partial charge < -0.3 is 14.5 Å². The third kappa shape index (κ3) is 3.97. The Morgan fingerprint density at radius 1 is 1.12 bits per heavy atom. The summed E-state index contributed by atoms with van der Waals surface area (Å²) in [4.78, 5) is 32.9. The highest BCUT2D eigenvalue weighted by molar-refractivity contribution is 5.94. The zero-order valence-corrected chi connectivity index (χ0v) is 18.9. The van der Waals surface area contributed by atoms with E-state index in [1.807, 2.05) is 32.0 Å². The SMILES string of the molecule is CCCc1cc(-c2nc(CC(=O)C3(c4ccc5c(c4)OC(F)(F)O5)CC3)ccc2C)c[nH]c1=O. The van der Waals surface area contributed by atoms with E-state index in [0.29, 0.717) is 41.8 Å². The largest absolute Gasteiger partial charge is 0.586 e. The minimum Gasteiger partial charge on any atom is -0.395 e. The summed E-state index contributed by atoms with van der Waals surface area (Å²) in [6.45, 7) is 3.95. The topological polar surface area (TPSA) is 81.3 Å². The Balaban J connectivity index is 1.40. The van der Waals surface area contributed by atoms with Crippen LogP contribution in [0.2, 0.25) is 0 Å². The van der Waals surface area contributed by atoms with E-state index in [1.165, 1.54) is 12.1 Å². The molecule has 1 aromatic carbocycles. The van der Waals surface area contributed by atoms with Gasteiger partial charge in [0.2, 0.25) is 0 Å². The van der Waals surface area contributed by atoms with Gasteiger partial charge in [-0.1, -0.05) is 25.5 Å². The number of hydrogen-bond acceptors (Lipinski definition) is 5. The lowest BCUT2D eigenvalue weighted by Crippen LogP contribution is -2.26. The number of aromatic amines is 1. The zero-order valence-electron chi connectivity index (χ0n) is 18.9. The van der Waals surface area contributed by atoms with Crippen LogP contribution in [0.25, 0.3) is 11.3 Å². The summed E-state index contributed by atoms with van der Waals surface area (Å²) < 4.78 is 35.8. The van der Waals surface area contributed by atoms with Gasteiger partial charge in [0.15, 0.2) is 11.5 Å². The highest BCUT2D eigenvalue weighted by Crippen LogP contribution is 2.52. The van der Waals surface area contributed by atoms with E-state index in [2.05, 4.69) is 14.5 Å². The van der Waals surface area contributed by atoms with Gasteiger partial charge in [0, 0.05) is 29.4 Å². The molecule has 6 nitrogen and oxygen atoms in total. The highest BCUT2D eigenvalue weighted by Gasteiger charge is 2.52. The average molecular weight is 466 g/mol. The molecule has 1 N–H and O–H groups in total. The Labute approximate surface area is 195 Å². The number of benzene rings is 1. The molecule has 1 aliphatic heterocycles. The zero-order chi connectivity index (χ0) is 24.1. The van der Waals surface area contributed by atoms with Crippen LogP contribution in [0.4, 0.5) is 8.78 Å². The molecule has 3 aromatic rings. The van der Waals surface area contributed by atoms with Crippen LogP contribution in [-0.4, -0.2) is 22.0 Å². The molecule has 0 unspecified atom stereocenters. The molecule has 5 rings (SSSR count). The predicted octanol–water partition coefficient (Wildman–Crippen LogP) is 4.86. The van der Waals surface area contributed by atoms with E-state index < -0.39 is 11.7 Å². The molecule has 2 aliphatic rings. The Bertz CT molecular complexity index is 1340. The fraction of sp³-hybridized carbons (Fsp3) is 0.346. The number of rotatable bonds is 7. The lowest BCUT2D eigenvalue weighted by Gasteiger charge is -2.16. The molecule has 1 aliphatic carbocycles. The van der Waals surface area contributed by atoms with Gasteiger partial charge in [0.1, 0.15) is 5.78 Å². The number of nitrogens with one attached hydrogen (secondary N) is 1. The first-order chi connectivity index (χ1) is 16.2. The van der Waals surface area contributed by atoms with E-state index in [0.717, 1.165) is 17.5 Å². The van der Waals surface area contributed by atoms with Crippen molar-refractivity contribution in [2.45, 2.75) is 57.7 Å². The maximum atomic E-state index is 13.4. The van der Waals surface area contributed by atoms with E-state index in [4.69, 9.17) is 4.98 Å². The van der Waals surface area contributed by atoms with Crippen molar-refractivity contribution < 1.29 is 23.0 Å². The third-order valence-corrected chi connectivity index (χ3v) is 6.51. The minimum absolute atomic E-state index is 0.0198. The van der Waals surface area contributed by atoms with Crippen LogP contribution in [-0.2, 0) is 23.1 Å². The maximum absolute atomic E-state index is 13.4. The number of hydrogen-bond donors (Lipinski definition) is 1. The molecule has 1 fully saturated rings. The van der Waals surface area contributed by atoms with Gasteiger partial charge >= 0.3 is 6.29 Å². The number of alkyl halides is 2. The molecule has 1 saturated carbocycles. The molecule has 34 heavy (non-hydrogen) atoms. The summed E-state index contributed by atoms with van der Waals surface area (Å²) in [7, 11) is 0. The summed E-state index contributed by atoms with van der Waals surface area (Å²) in [5, 5.41) is 0. The number of aromatic nitrogens is 2. The number of nitrogens with zero attached hydrogens (tertiary/aromatic N) is 1. The maximum Gasteiger partial charge on any atom is 0.586 e. The molecule has 176 valence electrons. The van der Waals surface area contributed by atoms with Crippen molar-refractivity contribution in [3.8, 4) is 22.8 Å². The van der Waals surface area contributed by atoms with Crippen LogP contribution in [0.15, 0.2) is 47.4 Å². The fourth-order valence-corrected chi connectivity index (χ4v) is 4.52. The monoisotopic (exact) mass is 466 g/mol. The van der Waals surface area contributed by atoms with Crippen molar-refractivity contribution in [3.05, 3.63) is 75.3 Å². The number of fused-ring (bicyclic) bond motifs is 1. The molecule has 2 aromatic heterocycles. The fourth-order valence-electron chi connectivity index (χ4n) is 4.52. The Morgan fingerprint density at radius 3 is 2.62 bits per heavy atom. The quantitative estimate of drug-likeness (QED) is 0.538. The minimum atomic E-state index is -3.69. The summed E-state index contributed by atoms with van der Waals surface area (Å²) >= 11 is 0. The third-order valence-electron chi connectivity index (χ3n) is 6.51. The van der Waals surface area contributed by atoms with E-state index in [9.17, 15) is 18.4 Å². The summed E-state index contributed by atoms with van der Waals surface area (Å²) in [6.07, 6.45) is 0.873. The lowest BCUT2D eigenvalue weighted by atomic mass is 9.88. The van der Waals surface area contributed by atoms with E-state index in [-0.39, 0.29) is 29.3 Å². The van der Waals surface area contributed by atoms with Crippen molar-refractivity contribution in [2.75, 3.05) is 0 Å². The predicted molar refractivity (Wildman–Crippen MR) is 121 cm³/mol. The number of pyridine rings is 2. The smallest absolute Gasteiger partial charge is 0.395 e. The van der Waals surface area contributed by atoms with Crippen LogP contribution in [0, 0.1) is 6.92 Å². The van der Waals surface area contributed by atoms with Gasteiger partial charge in [-0.3, -0.25) is 14.6 Å².